The van der Waals surface area contributed by atoms with E-state index in [2.05, 4.69) is 9.69 Å². The summed E-state index contributed by atoms with van der Waals surface area (Å²) in [6.07, 6.45) is 0. The Bertz CT molecular complexity index is 1490. The standard InChI is InChI=1S/C26H21F2N5O4S/c27-16-9-5-14(6-10-16)13-31-25(36)22(15-7-11-17(34)12-8-15)33(19-4-2-1-3-18(19)28)26(37)23-20(29)21(24(30)35)32-38-23/h1-12,22,34H,13,29H2,(H2,30,35)(H,31,36)/t22-/m1/s1. The Morgan fingerprint density at radius 2 is 1.66 bits per heavy atom. The highest BCUT2D eigenvalue weighted by molar-refractivity contribution is 7.09. The summed E-state index contributed by atoms with van der Waals surface area (Å²) >= 11 is 0.583. The number of nitrogens with two attached hydrogens (primary N) is 2. The van der Waals surface area contributed by atoms with Crippen LogP contribution < -0.4 is 21.7 Å². The van der Waals surface area contributed by atoms with E-state index < -0.39 is 35.4 Å². The zero-order valence-electron chi connectivity index (χ0n) is 19.6. The fraction of sp³-hybridized carbons (Fsp3) is 0.0769. The Morgan fingerprint density at radius 3 is 2.26 bits per heavy atom. The first kappa shape index (κ1) is 26.2. The zero-order chi connectivity index (χ0) is 27.4. The average Bonchev–Trinajstić information content (AvgIpc) is 3.29. The Labute approximate surface area is 219 Å². The summed E-state index contributed by atoms with van der Waals surface area (Å²) in [7, 11) is 0. The van der Waals surface area contributed by atoms with Gasteiger partial charge in [0.15, 0.2) is 5.69 Å². The lowest BCUT2D eigenvalue weighted by molar-refractivity contribution is -0.122. The number of halogens is 2. The van der Waals surface area contributed by atoms with Gasteiger partial charge in [-0.15, -0.1) is 0 Å². The molecule has 0 saturated heterocycles. The number of carbonyl (C=O) groups excluding carboxylic acids is 3. The number of primary amides is 1. The average molecular weight is 538 g/mol. The van der Waals surface area contributed by atoms with E-state index >= 15 is 4.39 Å². The largest absolute Gasteiger partial charge is 0.508 e. The van der Waals surface area contributed by atoms with Crippen LogP contribution in [0.4, 0.5) is 20.2 Å². The molecular weight excluding hydrogens is 516 g/mol. The van der Waals surface area contributed by atoms with Crippen molar-refractivity contribution in [2.24, 2.45) is 5.73 Å². The van der Waals surface area contributed by atoms with E-state index in [0.717, 1.165) is 11.0 Å². The number of hydrogen-bond donors (Lipinski definition) is 4. The lowest BCUT2D eigenvalue weighted by atomic mass is 10.0. The van der Waals surface area contributed by atoms with Gasteiger partial charge in [-0.25, -0.2) is 8.78 Å². The monoisotopic (exact) mass is 537 g/mol. The van der Waals surface area contributed by atoms with E-state index in [-0.39, 0.29) is 39.8 Å². The molecule has 4 aromatic rings. The van der Waals surface area contributed by atoms with Crippen LogP contribution in [0, 0.1) is 11.6 Å². The molecule has 4 rings (SSSR count). The summed E-state index contributed by atoms with van der Waals surface area (Å²) < 4.78 is 32.3. The molecule has 1 aromatic heterocycles. The number of phenols is 1. The maximum atomic E-state index is 15.1. The van der Waals surface area contributed by atoms with Gasteiger partial charge in [-0.3, -0.25) is 19.3 Å². The van der Waals surface area contributed by atoms with Crippen LogP contribution in [0.2, 0.25) is 0 Å². The minimum atomic E-state index is -1.46. The molecule has 6 N–H and O–H groups in total. The number of carbonyl (C=O) groups is 3. The smallest absolute Gasteiger partial charge is 0.273 e. The van der Waals surface area contributed by atoms with Crippen LogP contribution in [0.3, 0.4) is 0 Å². The highest BCUT2D eigenvalue weighted by Crippen LogP contribution is 2.35. The van der Waals surface area contributed by atoms with E-state index in [0.29, 0.717) is 17.1 Å². The topological polar surface area (TPSA) is 152 Å². The van der Waals surface area contributed by atoms with E-state index in [4.69, 9.17) is 11.5 Å². The molecule has 9 nitrogen and oxygen atoms in total. The van der Waals surface area contributed by atoms with Gasteiger partial charge in [0.25, 0.3) is 11.8 Å². The zero-order valence-corrected chi connectivity index (χ0v) is 20.4. The van der Waals surface area contributed by atoms with E-state index in [9.17, 15) is 23.9 Å². The van der Waals surface area contributed by atoms with Crippen LogP contribution in [0.25, 0.3) is 0 Å². The summed E-state index contributed by atoms with van der Waals surface area (Å²) in [5, 5.41) is 12.5. The molecular formula is C26H21F2N5O4S. The van der Waals surface area contributed by atoms with Gasteiger partial charge in [-0.2, -0.15) is 4.37 Å². The third kappa shape index (κ3) is 5.44. The normalized spacial score (nSPS) is 11.5. The van der Waals surface area contributed by atoms with Crippen LogP contribution in [0.15, 0.2) is 72.8 Å². The first-order valence-electron chi connectivity index (χ1n) is 11.1. The minimum Gasteiger partial charge on any atom is -0.508 e. The molecule has 0 aliphatic rings. The van der Waals surface area contributed by atoms with Crippen LogP contribution >= 0.6 is 11.5 Å². The van der Waals surface area contributed by atoms with Gasteiger partial charge in [-0.1, -0.05) is 36.4 Å². The second-order valence-electron chi connectivity index (χ2n) is 8.10. The molecule has 0 radical (unpaired) electrons. The summed E-state index contributed by atoms with van der Waals surface area (Å²) in [6.45, 7) is -0.0263. The molecule has 0 unspecified atom stereocenters. The maximum Gasteiger partial charge on any atom is 0.273 e. The molecule has 0 aliphatic carbocycles. The number of hydrogen-bond acceptors (Lipinski definition) is 7. The first-order chi connectivity index (χ1) is 18.2. The highest BCUT2D eigenvalue weighted by atomic mass is 32.1. The van der Waals surface area contributed by atoms with Crippen LogP contribution in [-0.4, -0.2) is 27.2 Å². The third-order valence-corrected chi connectivity index (χ3v) is 6.43. The summed E-state index contributed by atoms with van der Waals surface area (Å²) in [5.74, 6) is -3.93. The number of nitrogens with zero attached hydrogens (tertiary/aromatic N) is 2. The number of rotatable bonds is 8. The molecule has 0 bridgehead atoms. The summed E-state index contributed by atoms with van der Waals surface area (Å²) in [6, 6.07) is 14.7. The number of phenolic OH excluding ortho intramolecular Hbond substituents is 1. The number of para-hydroxylation sites is 1. The Morgan fingerprint density at radius 1 is 1.00 bits per heavy atom. The highest BCUT2D eigenvalue weighted by Gasteiger charge is 2.37. The molecule has 0 aliphatic heterocycles. The van der Waals surface area contributed by atoms with Gasteiger partial charge in [0, 0.05) is 6.54 Å². The van der Waals surface area contributed by atoms with Crippen molar-refractivity contribution in [2.45, 2.75) is 12.6 Å². The molecule has 0 fully saturated rings. The minimum absolute atomic E-state index is 0.0263. The van der Waals surface area contributed by atoms with E-state index in [1.54, 1.807) is 0 Å². The Balaban J connectivity index is 1.82. The second kappa shape index (κ2) is 11.0. The number of anilines is 2. The van der Waals surface area contributed by atoms with Gasteiger partial charge < -0.3 is 21.9 Å². The summed E-state index contributed by atoms with van der Waals surface area (Å²) in [5.41, 5.74) is 11.2. The molecule has 0 spiro atoms. The van der Waals surface area contributed by atoms with Crippen molar-refractivity contribution in [2.75, 3.05) is 10.6 Å². The molecule has 3 aromatic carbocycles. The van der Waals surface area contributed by atoms with Crippen molar-refractivity contribution >= 4 is 40.6 Å². The van der Waals surface area contributed by atoms with Gasteiger partial charge >= 0.3 is 0 Å². The number of aromatic hydroxyl groups is 1. The van der Waals surface area contributed by atoms with Gasteiger partial charge in [0.2, 0.25) is 5.91 Å². The van der Waals surface area contributed by atoms with E-state index in [1.807, 2.05) is 0 Å². The fourth-order valence-electron chi connectivity index (χ4n) is 3.71. The molecule has 12 heteroatoms. The Hall–Kier alpha value is -4.84. The third-order valence-electron chi connectivity index (χ3n) is 5.58. The Kier molecular flexibility index (Phi) is 7.63. The van der Waals surface area contributed by atoms with Crippen molar-refractivity contribution in [3.8, 4) is 5.75 Å². The van der Waals surface area contributed by atoms with Crippen LogP contribution in [0.1, 0.15) is 37.3 Å². The number of nitrogen functional groups attached to an aromatic ring is 1. The SMILES string of the molecule is NC(=O)c1nsc(C(=O)N(c2ccccc2F)[C@@H](C(=O)NCc2ccc(F)cc2)c2ccc(O)cc2)c1N. The molecule has 3 amide bonds. The van der Waals surface area contributed by atoms with Gasteiger partial charge in [0.05, 0.1) is 11.4 Å². The quantitative estimate of drug-likeness (QED) is 0.270. The lowest BCUT2D eigenvalue weighted by Gasteiger charge is -2.31. The molecule has 1 atom stereocenters. The summed E-state index contributed by atoms with van der Waals surface area (Å²) in [4.78, 5) is 39.9. The number of amides is 3. The van der Waals surface area contributed by atoms with E-state index in [1.165, 1.54) is 66.7 Å². The maximum absolute atomic E-state index is 15.1. The van der Waals surface area contributed by atoms with Crippen molar-refractivity contribution < 1.29 is 28.3 Å². The van der Waals surface area contributed by atoms with Gasteiger partial charge in [-0.05, 0) is 59.1 Å². The van der Waals surface area contributed by atoms with Crippen LogP contribution in [-0.2, 0) is 11.3 Å². The van der Waals surface area contributed by atoms with Crippen molar-refractivity contribution in [1.29, 1.82) is 0 Å². The molecule has 194 valence electrons. The number of aromatic nitrogens is 1. The second-order valence-corrected chi connectivity index (χ2v) is 8.88. The first-order valence-corrected chi connectivity index (χ1v) is 11.9. The molecule has 0 saturated carbocycles. The van der Waals surface area contributed by atoms with Crippen LogP contribution in [0.5, 0.6) is 5.75 Å². The predicted octanol–water partition coefficient (Wildman–Crippen LogP) is 3.51. The molecule has 38 heavy (non-hydrogen) atoms. The molecule has 1 heterocycles. The lowest BCUT2D eigenvalue weighted by Crippen LogP contribution is -2.44. The van der Waals surface area contributed by atoms with Crippen molar-refractivity contribution in [3.63, 3.8) is 0 Å². The van der Waals surface area contributed by atoms with Crippen molar-refractivity contribution in [3.05, 3.63) is 106 Å². The van der Waals surface area contributed by atoms with Crippen molar-refractivity contribution in [1.82, 2.24) is 9.69 Å². The fourth-order valence-corrected chi connectivity index (χ4v) is 4.46. The predicted molar refractivity (Wildman–Crippen MR) is 137 cm³/mol. The van der Waals surface area contributed by atoms with Gasteiger partial charge in [0.1, 0.15) is 28.3 Å². The number of benzene rings is 3. The number of nitrogens with one attached hydrogen (secondary N) is 1.